The molecular formula is C16H20ClN3S. The van der Waals surface area contributed by atoms with E-state index >= 15 is 0 Å². The molecule has 1 aromatic carbocycles. The molecule has 0 spiro atoms. The van der Waals surface area contributed by atoms with E-state index in [1.54, 1.807) is 0 Å². The van der Waals surface area contributed by atoms with Gasteiger partial charge in [0.2, 0.25) is 0 Å². The molecule has 1 atom stereocenters. The predicted molar refractivity (Wildman–Crippen MR) is 89.3 cm³/mol. The van der Waals surface area contributed by atoms with Gasteiger partial charge < -0.3 is 9.55 Å². The number of aromatic amines is 1. The largest absolute Gasteiger partial charge is 0.331 e. The van der Waals surface area contributed by atoms with Crippen LogP contribution in [0.3, 0.4) is 0 Å². The lowest BCUT2D eigenvalue weighted by Gasteiger charge is -2.27. The van der Waals surface area contributed by atoms with Gasteiger partial charge in [-0.05, 0) is 55.7 Å². The number of hydrogen-bond donors (Lipinski definition) is 1. The predicted octanol–water partition coefficient (Wildman–Crippen LogP) is 4.36. The highest BCUT2D eigenvalue weighted by Gasteiger charge is 2.26. The maximum absolute atomic E-state index is 6.28. The van der Waals surface area contributed by atoms with Crippen molar-refractivity contribution >= 4 is 34.9 Å². The van der Waals surface area contributed by atoms with Gasteiger partial charge in [-0.15, -0.1) is 0 Å². The van der Waals surface area contributed by atoms with Gasteiger partial charge in [0.15, 0.2) is 4.77 Å². The summed E-state index contributed by atoms with van der Waals surface area (Å²) in [6.07, 6.45) is 4.18. The number of H-pyrrole nitrogens is 1. The first-order chi connectivity index (χ1) is 10.1. The fraction of sp³-hybridized carbons (Fsp3) is 0.562. The molecule has 1 aromatic heterocycles. The third-order valence-electron chi connectivity index (χ3n) is 4.88. The van der Waals surface area contributed by atoms with Crippen molar-refractivity contribution in [3.63, 3.8) is 0 Å². The molecule has 21 heavy (non-hydrogen) atoms. The maximum atomic E-state index is 6.28. The zero-order valence-corrected chi connectivity index (χ0v) is 13.8. The fourth-order valence-electron chi connectivity index (χ4n) is 3.46. The van der Waals surface area contributed by atoms with Crippen molar-refractivity contribution in [2.75, 3.05) is 6.54 Å². The highest BCUT2D eigenvalue weighted by molar-refractivity contribution is 7.71. The van der Waals surface area contributed by atoms with Crippen LogP contribution in [0.15, 0.2) is 12.1 Å². The molecule has 112 valence electrons. The Kier molecular flexibility index (Phi) is 3.36. The number of nitrogens with one attached hydrogen (secondary N) is 1. The van der Waals surface area contributed by atoms with Gasteiger partial charge in [0.25, 0.3) is 0 Å². The summed E-state index contributed by atoms with van der Waals surface area (Å²) in [4.78, 5) is 5.89. The van der Waals surface area contributed by atoms with E-state index in [1.807, 2.05) is 6.07 Å². The molecule has 1 aliphatic heterocycles. The van der Waals surface area contributed by atoms with Gasteiger partial charge in [-0.25, -0.2) is 0 Å². The molecule has 3 nitrogen and oxygen atoms in total. The number of benzene rings is 1. The van der Waals surface area contributed by atoms with Gasteiger partial charge in [0, 0.05) is 24.2 Å². The molecule has 1 N–H and O–H groups in total. The van der Waals surface area contributed by atoms with Gasteiger partial charge in [0.1, 0.15) is 0 Å². The van der Waals surface area contributed by atoms with Crippen LogP contribution in [0.1, 0.15) is 31.7 Å². The summed E-state index contributed by atoms with van der Waals surface area (Å²) in [6, 6.07) is 4.59. The molecule has 0 radical (unpaired) electrons. The van der Waals surface area contributed by atoms with Crippen LogP contribution >= 0.6 is 23.8 Å². The van der Waals surface area contributed by atoms with Crippen LogP contribution in [0.2, 0.25) is 5.02 Å². The number of hydrogen-bond acceptors (Lipinski definition) is 2. The van der Waals surface area contributed by atoms with E-state index < -0.39 is 0 Å². The lowest BCUT2D eigenvalue weighted by atomic mass is 10.1. The molecular weight excluding hydrogens is 302 g/mol. The standard InChI is InChI=1S/C16H20ClN3S/c1-10-8-20-15-12(9-19(10)5-4-11-2-3-11)6-13(17)7-14(15)18-16(20)21/h6-7,10-11H,2-5,8-9H2,1H3,(H,18,21). The Morgan fingerprint density at radius 1 is 1.38 bits per heavy atom. The molecule has 2 heterocycles. The monoisotopic (exact) mass is 321 g/mol. The number of aromatic nitrogens is 2. The molecule has 1 aliphatic carbocycles. The third kappa shape index (κ3) is 2.54. The van der Waals surface area contributed by atoms with Crippen LogP contribution in [0, 0.1) is 10.7 Å². The van der Waals surface area contributed by atoms with E-state index in [0.29, 0.717) is 6.04 Å². The summed E-state index contributed by atoms with van der Waals surface area (Å²) in [7, 11) is 0. The van der Waals surface area contributed by atoms with E-state index in [-0.39, 0.29) is 0 Å². The molecule has 0 saturated heterocycles. The SMILES string of the molecule is CC1Cn2c(=S)[nH]c3cc(Cl)cc(c32)CN1CCC1CC1. The van der Waals surface area contributed by atoms with Crippen LogP contribution in [-0.2, 0) is 13.1 Å². The smallest absolute Gasteiger partial charge is 0.178 e. The van der Waals surface area contributed by atoms with Gasteiger partial charge in [0.05, 0.1) is 11.0 Å². The molecule has 0 bridgehead atoms. The van der Waals surface area contributed by atoms with E-state index in [0.717, 1.165) is 34.3 Å². The maximum Gasteiger partial charge on any atom is 0.178 e. The Hall–Kier alpha value is -0.840. The van der Waals surface area contributed by atoms with Gasteiger partial charge in [-0.3, -0.25) is 4.90 Å². The highest BCUT2D eigenvalue weighted by Crippen LogP contribution is 2.34. The van der Waals surface area contributed by atoms with Crippen LogP contribution in [-0.4, -0.2) is 27.0 Å². The second-order valence-corrected chi connectivity index (χ2v) is 7.38. The molecule has 4 rings (SSSR count). The zero-order chi connectivity index (χ0) is 14.6. The summed E-state index contributed by atoms with van der Waals surface area (Å²) in [5.74, 6) is 0.974. The van der Waals surface area contributed by atoms with Crippen molar-refractivity contribution in [3.05, 3.63) is 27.5 Å². The Morgan fingerprint density at radius 2 is 2.19 bits per heavy atom. The normalized spacial score (nSPS) is 22.7. The summed E-state index contributed by atoms with van der Waals surface area (Å²) < 4.78 is 3.06. The average Bonchev–Trinajstić information content (AvgIpc) is 3.20. The summed E-state index contributed by atoms with van der Waals surface area (Å²) in [6.45, 7) is 5.41. The number of imidazole rings is 1. The van der Waals surface area contributed by atoms with Crippen LogP contribution in [0.4, 0.5) is 0 Å². The minimum absolute atomic E-state index is 0.501. The van der Waals surface area contributed by atoms with Crippen molar-refractivity contribution in [3.8, 4) is 0 Å². The van der Waals surface area contributed by atoms with E-state index in [9.17, 15) is 0 Å². The summed E-state index contributed by atoms with van der Waals surface area (Å²) in [5, 5.41) is 0.789. The highest BCUT2D eigenvalue weighted by atomic mass is 35.5. The minimum atomic E-state index is 0.501. The first kappa shape index (κ1) is 13.8. The molecule has 0 amide bonds. The summed E-state index contributed by atoms with van der Waals surface area (Å²) in [5.41, 5.74) is 3.61. The van der Waals surface area contributed by atoms with E-state index in [1.165, 1.54) is 36.9 Å². The minimum Gasteiger partial charge on any atom is -0.331 e. The average molecular weight is 322 g/mol. The quantitative estimate of drug-likeness (QED) is 0.849. The Bertz CT molecular complexity index is 744. The van der Waals surface area contributed by atoms with Crippen molar-refractivity contribution < 1.29 is 0 Å². The molecule has 1 saturated carbocycles. The van der Waals surface area contributed by atoms with Crippen molar-refractivity contribution in [2.45, 2.75) is 45.3 Å². The van der Waals surface area contributed by atoms with Crippen LogP contribution < -0.4 is 0 Å². The Morgan fingerprint density at radius 3 is 2.95 bits per heavy atom. The third-order valence-corrected chi connectivity index (χ3v) is 5.42. The van der Waals surface area contributed by atoms with Crippen LogP contribution in [0.5, 0.6) is 0 Å². The lowest BCUT2D eigenvalue weighted by Crippen LogP contribution is -2.35. The summed E-state index contributed by atoms with van der Waals surface area (Å²) >= 11 is 11.8. The van der Waals surface area contributed by atoms with Gasteiger partial charge >= 0.3 is 0 Å². The number of halogens is 1. The van der Waals surface area contributed by atoms with Crippen LogP contribution in [0.25, 0.3) is 11.0 Å². The molecule has 5 heteroatoms. The topological polar surface area (TPSA) is 24.0 Å². The van der Waals surface area contributed by atoms with Gasteiger partial charge in [-0.2, -0.15) is 0 Å². The molecule has 2 aliphatic rings. The fourth-order valence-corrected chi connectivity index (χ4v) is 3.97. The Labute approximate surface area is 134 Å². The molecule has 1 unspecified atom stereocenters. The second-order valence-electron chi connectivity index (χ2n) is 6.55. The second kappa shape index (κ2) is 5.11. The van der Waals surface area contributed by atoms with Crippen molar-refractivity contribution in [1.29, 1.82) is 0 Å². The van der Waals surface area contributed by atoms with Crippen molar-refractivity contribution in [2.24, 2.45) is 5.92 Å². The Balaban J connectivity index is 1.74. The van der Waals surface area contributed by atoms with Gasteiger partial charge in [-0.1, -0.05) is 24.4 Å². The van der Waals surface area contributed by atoms with E-state index in [4.69, 9.17) is 23.8 Å². The number of nitrogens with zero attached hydrogens (tertiary/aromatic N) is 2. The first-order valence-electron chi connectivity index (χ1n) is 7.77. The lowest BCUT2D eigenvalue weighted by molar-refractivity contribution is 0.184. The zero-order valence-electron chi connectivity index (χ0n) is 12.2. The molecule has 1 fully saturated rings. The molecule has 2 aromatic rings. The first-order valence-corrected chi connectivity index (χ1v) is 8.55. The van der Waals surface area contributed by atoms with E-state index in [2.05, 4.69) is 27.4 Å². The van der Waals surface area contributed by atoms with Crippen molar-refractivity contribution in [1.82, 2.24) is 14.5 Å². The number of rotatable bonds is 3.